The van der Waals surface area contributed by atoms with Crippen LogP contribution >= 0.6 is 27.5 Å². The predicted molar refractivity (Wildman–Crippen MR) is 80.8 cm³/mol. The molecule has 0 radical (unpaired) electrons. The lowest BCUT2D eigenvalue weighted by Gasteiger charge is -2.26. The maximum Gasteiger partial charge on any atom is 0.165 e. The van der Waals surface area contributed by atoms with Gasteiger partial charge in [-0.15, -0.1) is 0 Å². The Bertz CT molecular complexity index is 644. The summed E-state index contributed by atoms with van der Waals surface area (Å²) in [5.41, 5.74) is -0.489. The molecule has 0 aliphatic rings. The van der Waals surface area contributed by atoms with Gasteiger partial charge in [-0.25, -0.2) is 4.39 Å². The zero-order valence-electron chi connectivity index (χ0n) is 11.0. The van der Waals surface area contributed by atoms with Crippen molar-refractivity contribution in [3.05, 3.63) is 62.8 Å². The molecular formula is C15H13BrClFO2. The largest absolute Gasteiger partial charge is 0.494 e. The van der Waals surface area contributed by atoms with Crippen LogP contribution in [0.2, 0.25) is 5.02 Å². The molecule has 0 aliphatic heterocycles. The van der Waals surface area contributed by atoms with E-state index in [0.717, 1.165) is 4.47 Å². The molecule has 2 aromatic carbocycles. The van der Waals surface area contributed by atoms with Crippen molar-refractivity contribution in [2.75, 3.05) is 7.11 Å². The lowest BCUT2D eigenvalue weighted by atomic mass is 9.88. The number of methoxy groups -OCH3 is 1. The molecule has 5 heteroatoms. The molecule has 0 aliphatic carbocycles. The van der Waals surface area contributed by atoms with Gasteiger partial charge in [0, 0.05) is 15.1 Å². The fourth-order valence-corrected chi connectivity index (χ4v) is 2.87. The SMILES string of the molecule is COc1ccc(C(C)(O)c2ccc(Br)cc2Cl)cc1F. The predicted octanol–water partition coefficient (Wildman–Crippen LogP) is 4.51. The van der Waals surface area contributed by atoms with Gasteiger partial charge in [0.1, 0.15) is 5.60 Å². The third-order valence-corrected chi connectivity index (χ3v) is 3.98. The van der Waals surface area contributed by atoms with Crippen LogP contribution < -0.4 is 4.74 Å². The van der Waals surface area contributed by atoms with Gasteiger partial charge in [-0.1, -0.05) is 39.7 Å². The molecule has 1 unspecified atom stereocenters. The highest BCUT2D eigenvalue weighted by Crippen LogP contribution is 2.36. The normalized spacial score (nSPS) is 13.9. The lowest BCUT2D eigenvalue weighted by Crippen LogP contribution is -2.23. The highest BCUT2D eigenvalue weighted by atomic mass is 79.9. The highest BCUT2D eigenvalue weighted by Gasteiger charge is 2.29. The Morgan fingerprint density at radius 2 is 1.95 bits per heavy atom. The van der Waals surface area contributed by atoms with Gasteiger partial charge in [-0.05, 0) is 36.8 Å². The van der Waals surface area contributed by atoms with Crippen LogP contribution in [-0.2, 0) is 5.60 Å². The van der Waals surface area contributed by atoms with E-state index in [1.165, 1.54) is 19.2 Å². The first-order valence-corrected chi connectivity index (χ1v) is 7.05. The molecule has 1 atom stereocenters. The first kappa shape index (κ1) is 15.3. The van der Waals surface area contributed by atoms with E-state index >= 15 is 0 Å². The fraction of sp³-hybridized carbons (Fsp3) is 0.200. The van der Waals surface area contributed by atoms with Gasteiger partial charge in [-0.2, -0.15) is 0 Å². The Morgan fingerprint density at radius 3 is 2.50 bits per heavy atom. The van der Waals surface area contributed by atoms with Crippen molar-refractivity contribution >= 4 is 27.5 Å². The summed E-state index contributed by atoms with van der Waals surface area (Å²) < 4.78 is 19.5. The summed E-state index contributed by atoms with van der Waals surface area (Å²) in [7, 11) is 1.39. The quantitative estimate of drug-likeness (QED) is 0.874. The van der Waals surface area contributed by atoms with Gasteiger partial charge in [0.2, 0.25) is 0 Å². The summed E-state index contributed by atoms with van der Waals surface area (Å²) in [4.78, 5) is 0. The monoisotopic (exact) mass is 358 g/mol. The van der Waals surface area contributed by atoms with Crippen molar-refractivity contribution in [1.29, 1.82) is 0 Å². The van der Waals surface area contributed by atoms with Crippen LogP contribution in [0.3, 0.4) is 0 Å². The van der Waals surface area contributed by atoms with Crippen LogP contribution in [0.15, 0.2) is 40.9 Å². The Balaban J connectivity index is 2.51. The molecule has 0 fully saturated rings. The molecule has 0 heterocycles. The molecule has 0 amide bonds. The number of rotatable bonds is 3. The number of aliphatic hydroxyl groups is 1. The standard InChI is InChI=1S/C15H13BrClFO2/c1-15(19,11-5-4-10(16)8-12(11)17)9-3-6-14(20-2)13(18)7-9/h3-8,19H,1-2H3. The Morgan fingerprint density at radius 1 is 1.25 bits per heavy atom. The second-order valence-corrected chi connectivity index (χ2v) is 5.87. The van der Waals surface area contributed by atoms with Crippen LogP contribution in [0.1, 0.15) is 18.1 Å². The number of ether oxygens (including phenoxy) is 1. The molecule has 20 heavy (non-hydrogen) atoms. The third kappa shape index (κ3) is 2.82. The molecule has 2 aromatic rings. The number of hydrogen-bond acceptors (Lipinski definition) is 2. The van der Waals surface area contributed by atoms with E-state index in [4.69, 9.17) is 16.3 Å². The highest BCUT2D eigenvalue weighted by molar-refractivity contribution is 9.10. The summed E-state index contributed by atoms with van der Waals surface area (Å²) in [5.74, 6) is -0.398. The average Bonchev–Trinajstić information content (AvgIpc) is 2.38. The number of hydrogen-bond donors (Lipinski definition) is 1. The second kappa shape index (κ2) is 5.72. The van der Waals surface area contributed by atoms with Crippen molar-refractivity contribution in [3.8, 4) is 5.75 Å². The first-order chi connectivity index (χ1) is 9.36. The van der Waals surface area contributed by atoms with E-state index in [9.17, 15) is 9.50 Å². The summed E-state index contributed by atoms with van der Waals surface area (Å²) in [5, 5.41) is 11.1. The Hall–Kier alpha value is -1.10. The van der Waals surface area contributed by atoms with Crippen molar-refractivity contribution < 1.29 is 14.2 Å². The van der Waals surface area contributed by atoms with Crippen LogP contribution in [-0.4, -0.2) is 12.2 Å². The molecule has 2 nitrogen and oxygen atoms in total. The zero-order chi connectivity index (χ0) is 14.9. The minimum absolute atomic E-state index is 0.131. The summed E-state index contributed by atoms with van der Waals surface area (Å²) in [6.45, 7) is 1.57. The molecule has 106 valence electrons. The van der Waals surface area contributed by atoms with Gasteiger partial charge < -0.3 is 9.84 Å². The van der Waals surface area contributed by atoms with E-state index in [0.29, 0.717) is 16.1 Å². The zero-order valence-corrected chi connectivity index (χ0v) is 13.3. The van der Waals surface area contributed by atoms with Gasteiger partial charge in [0.05, 0.1) is 7.11 Å². The van der Waals surface area contributed by atoms with Gasteiger partial charge in [-0.3, -0.25) is 0 Å². The molecule has 1 N–H and O–H groups in total. The van der Waals surface area contributed by atoms with Gasteiger partial charge in [0.25, 0.3) is 0 Å². The Labute approximate surface area is 130 Å². The van der Waals surface area contributed by atoms with Crippen molar-refractivity contribution in [1.82, 2.24) is 0 Å². The van der Waals surface area contributed by atoms with E-state index in [1.54, 1.807) is 31.2 Å². The maximum absolute atomic E-state index is 13.8. The summed E-state index contributed by atoms with van der Waals surface area (Å²) >= 11 is 9.46. The van der Waals surface area contributed by atoms with Crippen LogP contribution in [0.25, 0.3) is 0 Å². The van der Waals surface area contributed by atoms with Crippen LogP contribution in [0, 0.1) is 5.82 Å². The van der Waals surface area contributed by atoms with Crippen LogP contribution in [0.4, 0.5) is 4.39 Å². The van der Waals surface area contributed by atoms with E-state index < -0.39 is 11.4 Å². The molecule has 0 saturated carbocycles. The number of benzene rings is 2. The third-order valence-electron chi connectivity index (χ3n) is 3.17. The lowest BCUT2D eigenvalue weighted by molar-refractivity contribution is 0.102. The first-order valence-electron chi connectivity index (χ1n) is 5.88. The van der Waals surface area contributed by atoms with E-state index in [1.807, 2.05) is 0 Å². The molecular weight excluding hydrogens is 347 g/mol. The smallest absolute Gasteiger partial charge is 0.165 e. The van der Waals surface area contributed by atoms with Gasteiger partial charge >= 0.3 is 0 Å². The maximum atomic E-state index is 13.8. The van der Waals surface area contributed by atoms with Gasteiger partial charge in [0.15, 0.2) is 11.6 Å². The fourth-order valence-electron chi connectivity index (χ4n) is 2.01. The topological polar surface area (TPSA) is 29.5 Å². The second-order valence-electron chi connectivity index (χ2n) is 4.55. The van der Waals surface area contributed by atoms with Crippen molar-refractivity contribution in [2.24, 2.45) is 0 Å². The van der Waals surface area contributed by atoms with E-state index in [2.05, 4.69) is 15.9 Å². The Kier molecular flexibility index (Phi) is 4.37. The molecule has 0 bridgehead atoms. The summed E-state index contributed by atoms with van der Waals surface area (Å²) in [6, 6.07) is 9.50. The number of halogens is 3. The molecule has 0 spiro atoms. The van der Waals surface area contributed by atoms with Crippen molar-refractivity contribution in [3.63, 3.8) is 0 Å². The van der Waals surface area contributed by atoms with E-state index in [-0.39, 0.29) is 5.75 Å². The average molecular weight is 360 g/mol. The summed E-state index contributed by atoms with van der Waals surface area (Å²) in [6.07, 6.45) is 0. The molecule has 2 rings (SSSR count). The van der Waals surface area contributed by atoms with Crippen LogP contribution in [0.5, 0.6) is 5.75 Å². The minimum atomic E-state index is -1.40. The molecule has 0 aromatic heterocycles. The van der Waals surface area contributed by atoms with Crippen molar-refractivity contribution in [2.45, 2.75) is 12.5 Å². The molecule has 0 saturated heterocycles. The minimum Gasteiger partial charge on any atom is -0.494 e.